The predicted molar refractivity (Wildman–Crippen MR) is 91.7 cm³/mol. The van der Waals surface area contributed by atoms with Crippen molar-refractivity contribution in [2.75, 3.05) is 18.8 Å². The summed E-state index contributed by atoms with van der Waals surface area (Å²) in [6.07, 6.45) is 0. The van der Waals surface area contributed by atoms with Gasteiger partial charge in [0.25, 0.3) is 0 Å². The van der Waals surface area contributed by atoms with E-state index in [1.807, 2.05) is 45.0 Å². The molecule has 0 aliphatic heterocycles. The fraction of sp³-hybridized carbons (Fsp3) is 0.375. The summed E-state index contributed by atoms with van der Waals surface area (Å²) in [6.45, 7) is 11.0. The summed E-state index contributed by atoms with van der Waals surface area (Å²) >= 11 is 1.34. The van der Waals surface area contributed by atoms with E-state index in [0.717, 1.165) is 16.8 Å². The number of aryl methyl sites for hydroxylation is 1. The van der Waals surface area contributed by atoms with Gasteiger partial charge in [-0.15, -0.1) is 5.10 Å². The van der Waals surface area contributed by atoms with Gasteiger partial charge in [-0.25, -0.2) is 0 Å². The first kappa shape index (κ1) is 17.2. The van der Waals surface area contributed by atoms with Gasteiger partial charge in [-0.3, -0.25) is 4.79 Å². The number of aromatic nitrogens is 4. The quantitative estimate of drug-likeness (QED) is 0.576. The molecule has 0 bridgehead atoms. The van der Waals surface area contributed by atoms with Gasteiger partial charge in [0, 0.05) is 13.1 Å². The Morgan fingerprint density at radius 3 is 2.87 bits per heavy atom. The van der Waals surface area contributed by atoms with Crippen LogP contribution in [0.25, 0.3) is 5.69 Å². The van der Waals surface area contributed by atoms with Crippen molar-refractivity contribution in [2.24, 2.45) is 0 Å². The number of carbonyl (C=O) groups is 1. The van der Waals surface area contributed by atoms with E-state index in [-0.39, 0.29) is 5.91 Å². The molecule has 1 aromatic heterocycles. The van der Waals surface area contributed by atoms with Crippen molar-refractivity contribution >= 4 is 17.7 Å². The van der Waals surface area contributed by atoms with E-state index in [9.17, 15) is 4.79 Å². The maximum absolute atomic E-state index is 12.3. The lowest BCUT2D eigenvalue weighted by atomic mass is 10.2. The molecule has 0 atom stereocenters. The number of thioether (sulfide) groups is 1. The lowest BCUT2D eigenvalue weighted by Crippen LogP contribution is -2.33. The fourth-order valence-electron chi connectivity index (χ4n) is 2.11. The van der Waals surface area contributed by atoms with Crippen LogP contribution in [0.15, 0.2) is 41.6 Å². The Hall–Kier alpha value is -2.15. The number of hydrogen-bond acceptors (Lipinski definition) is 5. The first-order chi connectivity index (χ1) is 11.0. The van der Waals surface area contributed by atoms with Gasteiger partial charge in [0.05, 0.1) is 11.4 Å². The molecule has 0 saturated carbocycles. The highest BCUT2D eigenvalue weighted by molar-refractivity contribution is 7.99. The van der Waals surface area contributed by atoms with Gasteiger partial charge in [-0.05, 0) is 48.9 Å². The normalized spacial score (nSPS) is 10.6. The van der Waals surface area contributed by atoms with Crippen LogP contribution in [0.3, 0.4) is 0 Å². The average Bonchev–Trinajstić information content (AvgIpc) is 2.98. The van der Waals surface area contributed by atoms with Crippen molar-refractivity contribution in [2.45, 2.75) is 25.9 Å². The Morgan fingerprint density at radius 1 is 1.43 bits per heavy atom. The standard InChI is InChI=1S/C16H21N5OS/c1-5-20(10-12(2)3)15(22)11-23-16-17-18-19-21(16)14-8-6-7-13(4)9-14/h6-9H,2,5,10-11H2,1,3-4H3. The minimum atomic E-state index is 0.0549. The van der Waals surface area contributed by atoms with Gasteiger partial charge < -0.3 is 4.90 Å². The summed E-state index contributed by atoms with van der Waals surface area (Å²) < 4.78 is 1.65. The molecule has 0 saturated heterocycles. The van der Waals surface area contributed by atoms with Gasteiger partial charge >= 0.3 is 0 Å². The first-order valence-corrected chi connectivity index (χ1v) is 8.40. The molecule has 0 N–H and O–H groups in total. The third kappa shape index (κ3) is 4.66. The zero-order chi connectivity index (χ0) is 16.8. The third-order valence-electron chi connectivity index (χ3n) is 3.21. The summed E-state index contributed by atoms with van der Waals surface area (Å²) in [7, 11) is 0. The van der Waals surface area contributed by atoms with E-state index in [4.69, 9.17) is 0 Å². The van der Waals surface area contributed by atoms with Gasteiger partial charge in [0.2, 0.25) is 11.1 Å². The van der Waals surface area contributed by atoms with Crippen LogP contribution < -0.4 is 0 Å². The van der Waals surface area contributed by atoms with Crippen molar-refractivity contribution in [3.63, 3.8) is 0 Å². The van der Waals surface area contributed by atoms with E-state index < -0.39 is 0 Å². The van der Waals surface area contributed by atoms with Crippen LogP contribution in [-0.4, -0.2) is 49.9 Å². The first-order valence-electron chi connectivity index (χ1n) is 7.41. The third-order valence-corrected chi connectivity index (χ3v) is 4.11. The van der Waals surface area contributed by atoms with E-state index in [0.29, 0.717) is 24.0 Å². The molecule has 7 heteroatoms. The van der Waals surface area contributed by atoms with Gasteiger partial charge in [0.1, 0.15) is 0 Å². The highest BCUT2D eigenvalue weighted by Crippen LogP contribution is 2.19. The van der Waals surface area contributed by atoms with Gasteiger partial charge in [-0.1, -0.05) is 36.0 Å². The Morgan fingerprint density at radius 2 is 2.22 bits per heavy atom. The second-order valence-electron chi connectivity index (χ2n) is 5.37. The highest BCUT2D eigenvalue weighted by atomic mass is 32.2. The minimum absolute atomic E-state index is 0.0549. The molecule has 1 aromatic carbocycles. The molecule has 0 aliphatic rings. The molecule has 0 fully saturated rings. The second-order valence-corrected chi connectivity index (χ2v) is 6.31. The van der Waals surface area contributed by atoms with E-state index >= 15 is 0 Å². The summed E-state index contributed by atoms with van der Waals surface area (Å²) in [6, 6.07) is 7.91. The molecule has 0 unspecified atom stereocenters. The zero-order valence-corrected chi connectivity index (χ0v) is 14.5. The molecule has 122 valence electrons. The number of benzene rings is 1. The molecule has 1 amide bonds. The average molecular weight is 331 g/mol. The van der Waals surface area contributed by atoms with Crippen LogP contribution >= 0.6 is 11.8 Å². The van der Waals surface area contributed by atoms with Crippen LogP contribution in [0.2, 0.25) is 0 Å². The number of likely N-dealkylation sites (N-methyl/N-ethyl adjacent to an activating group) is 1. The van der Waals surface area contributed by atoms with Crippen molar-refractivity contribution in [3.8, 4) is 5.69 Å². The summed E-state index contributed by atoms with van der Waals surface area (Å²) in [4.78, 5) is 14.1. The molecule has 23 heavy (non-hydrogen) atoms. The molecule has 2 rings (SSSR count). The van der Waals surface area contributed by atoms with Crippen LogP contribution in [0.5, 0.6) is 0 Å². The lowest BCUT2D eigenvalue weighted by Gasteiger charge is -2.20. The Labute approximate surface area is 140 Å². The number of carbonyl (C=O) groups excluding carboxylic acids is 1. The predicted octanol–water partition coefficient (Wildman–Crippen LogP) is 2.49. The van der Waals surface area contributed by atoms with Crippen LogP contribution in [0.1, 0.15) is 19.4 Å². The number of amides is 1. The SMILES string of the molecule is C=C(C)CN(CC)C(=O)CSc1nnnn1-c1cccc(C)c1. The van der Waals surface area contributed by atoms with E-state index in [1.165, 1.54) is 11.8 Å². The van der Waals surface area contributed by atoms with Crippen LogP contribution in [0.4, 0.5) is 0 Å². The highest BCUT2D eigenvalue weighted by Gasteiger charge is 2.15. The second kappa shape index (κ2) is 7.92. The smallest absolute Gasteiger partial charge is 0.233 e. The molecule has 0 radical (unpaired) electrons. The van der Waals surface area contributed by atoms with E-state index in [2.05, 4.69) is 22.1 Å². The molecular weight excluding hydrogens is 310 g/mol. The zero-order valence-electron chi connectivity index (χ0n) is 13.7. The van der Waals surface area contributed by atoms with E-state index in [1.54, 1.807) is 9.58 Å². The molecular formula is C16H21N5OS. The number of hydrogen-bond donors (Lipinski definition) is 0. The van der Waals surface area contributed by atoms with Crippen molar-refractivity contribution < 1.29 is 4.79 Å². The molecule has 6 nitrogen and oxygen atoms in total. The fourth-order valence-corrected chi connectivity index (χ4v) is 2.90. The maximum atomic E-state index is 12.3. The summed E-state index contributed by atoms with van der Waals surface area (Å²) in [5, 5.41) is 12.4. The summed E-state index contributed by atoms with van der Waals surface area (Å²) in [5.41, 5.74) is 2.98. The van der Waals surface area contributed by atoms with Gasteiger partial charge in [-0.2, -0.15) is 4.68 Å². The molecule has 0 spiro atoms. The Kier molecular flexibility index (Phi) is 5.92. The molecule has 2 aromatic rings. The van der Waals surface area contributed by atoms with Crippen molar-refractivity contribution in [1.82, 2.24) is 25.1 Å². The van der Waals surface area contributed by atoms with Crippen molar-refractivity contribution in [3.05, 3.63) is 42.0 Å². The monoisotopic (exact) mass is 331 g/mol. The number of rotatable bonds is 7. The largest absolute Gasteiger partial charge is 0.338 e. The Bertz CT molecular complexity index is 697. The van der Waals surface area contributed by atoms with Crippen LogP contribution in [0, 0.1) is 6.92 Å². The molecule has 0 aliphatic carbocycles. The Balaban J connectivity index is 2.06. The number of nitrogens with zero attached hydrogens (tertiary/aromatic N) is 5. The minimum Gasteiger partial charge on any atom is -0.338 e. The number of tetrazole rings is 1. The van der Waals surface area contributed by atoms with Gasteiger partial charge in [0.15, 0.2) is 0 Å². The summed E-state index contributed by atoms with van der Waals surface area (Å²) in [5.74, 6) is 0.354. The van der Waals surface area contributed by atoms with Crippen LogP contribution in [-0.2, 0) is 4.79 Å². The molecule has 1 heterocycles. The lowest BCUT2D eigenvalue weighted by molar-refractivity contribution is -0.127. The topological polar surface area (TPSA) is 63.9 Å². The van der Waals surface area contributed by atoms with Crippen molar-refractivity contribution in [1.29, 1.82) is 0 Å². The maximum Gasteiger partial charge on any atom is 0.233 e.